The Kier molecular flexibility index (Phi) is 5.88. The summed E-state index contributed by atoms with van der Waals surface area (Å²) in [6.45, 7) is 0.682. The van der Waals surface area contributed by atoms with E-state index in [0.29, 0.717) is 22.9 Å². The van der Waals surface area contributed by atoms with Crippen molar-refractivity contribution in [3.8, 4) is 5.75 Å². The van der Waals surface area contributed by atoms with E-state index in [0.717, 1.165) is 21.9 Å². The molecule has 0 N–H and O–H groups in total. The minimum Gasteiger partial charge on any atom is -0.497 e. The molecular formula is C23H19ClN2O2S. The molecule has 0 fully saturated rings. The van der Waals surface area contributed by atoms with Crippen LogP contribution >= 0.6 is 23.4 Å². The Morgan fingerprint density at radius 3 is 2.55 bits per heavy atom. The molecule has 0 amide bonds. The highest BCUT2D eigenvalue weighted by Crippen LogP contribution is 2.28. The first-order chi connectivity index (χ1) is 14.1. The van der Waals surface area contributed by atoms with E-state index < -0.39 is 0 Å². The van der Waals surface area contributed by atoms with Crippen LogP contribution in [0.2, 0.25) is 5.02 Å². The topological polar surface area (TPSA) is 44.1 Å². The molecule has 4 rings (SSSR count). The summed E-state index contributed by atoms with van der Waals surface area (Å²) >= 11 is 7.36. The first-order valence-electron chi connectivity index (χ1n) is 9.14. The summed E-state index contributed by atoms with van der Waals surface area (Å²) in [6.07, 6.45) is 0. The average Bonchev–Trinajstić information content (AvgIpc) is 3.09. The molecule has 1 heterocycles. The van der Waals surface area contributed by atoms with Crippen molar-refractivity contribution in [2.24, 2.45) is 0 Å². The monoisotopic (exact) mass is 422 g/mol. The van der Waals surface area contributed by atoms with Gasteiger partial charge in [0.15, 0.2) is 10.9 Å². The molecule has 0 unspecified atom stereocenters. The second-order valence-corrected chi connectivity index (χ2v) is 7.92. The quantitative estimate of drug-likeness (QED) is 0.282. The van der Waals surface area contributed by atoms with Crippen LogP contribution in [-0.2, 0) is 6.54 Å². The minimum atomic E-state index is 0.0440. The van der Waals surface area contributed by atoms with Crippen molar-refractivity contribution < 1.29 is 9.53 Å². The molecule has 146 valence electrons. The summed E-state index contributed by atoms with van der Waals surface area (Å²) in [5, 5.41) is 1.42. The van der Waals surface area contributed by atoms with Crippen molar-refractivity contribution >= 4 is 40.2 Å². The molecule has 0 atom stereocenters. The maximum absolute atomic E-state index is 12.6. The molecule has 0 saturated heterocycles. The first kappa shape index (κ1) is 19.6. The van der Waals surface area contributed by atoms with Crippen molar-refractivity contribution in [1.82, 2.24) is 9.55 Å². The van der Waals surface area contributed by atoms with E-state index in [9.17, 15) is 4.79 Å². The lowest BCUT2D eigenvalue weighted by molar-refractivity contribution is 0.102. The number of methoxy groups -OCH3 is 1. The molecule has 4 aromatic rings. The van der Waals surface area contributed by atoms with Crippen LogP contribution in [0.3, 0.4) is 0 Å². The zero-order valence-electron chi connectivity index (χ0n) is 15.8. The van der Waals surface area contributed by atoms with Crippen LogP contribution in [0.4, 0.5) is 0 Å². The van der Waals surface area contributed by atoms with Crippen LogP contribution in [-0.4, -0.2) is 28.2 Å². The van der Waals surface area contributed by atoms with E-state index in [1.807, 2.05) is 36.4 Å². The van der Waals surface area contributed by atoms with Crippen molar-refractivity contribution in [1.29, 1.82) is 0 Å². The molecule has 0 radical (unpaired) electrons. The Balaban J connectivity index is 1.63. The minimum absolute atomic E-state index is 0.0440. The number of aromatic nitrogens is 2. The summed E-state index contributed by atoms with van der Waals surface area (Å²) in [4.78, 5) is 17.4. The van der Waals surface area contributed by atoms with Crippen LogP contribution in [0.25, 0.3) is 11.0 Å². The standard InChI is InChI=1S/C23H19ClN2O2S/c1-28-19-11-12-21-20(13-19)25-23(26(21)14-16-5-3-2-4-6-16)29-15-22(27)17-7-9-18(24)10-8-17/h2-13H,14-15H2,1H3. The SMILES string of the molecule is COc1ccc2c(c1)nc(SCC(=O)c1ccc(Cl)cc1)n2Cc1ccccc1. The average molecular weight is 423 g/mol. The summed E-state index contributed by atoms with van der Waals surface area (Å²) in [6, 6.07) is 23.0. The normalized spacial score (nSPS) is 11.0. The van der Waals surface area contributed by atoms with Gasteiger partial charge in [0.2, 0.25) is 0 Å². The second kappa shape index (κ2) is 8.72. The second-order valence-electron chi connectivity index (χ2n) is 6.54. The molecule has 0 aliphatic rings. The van der Waals surface area contributed by atoms with Gasteiger partial charge in [-0.05, 0) is 42.0 Å². The van der Waals surface area contributed by atoms with E-state index in [-0.39, 0.29) is 5.78 Å². The number of ketones is 1. The number of Topliss-reactive ketones (excluding diaryl/α,β-unsaturated/α-hetero) is 1. The van der Waals surface area contributed by atoms with Crippen LogP contribution < -0.4 is 4.74 Å². The highest BCUT2D eigenvalue weighted by Gasteiger charge is 2.15. The zero-order chi connectivity index (χ0) is 20.2. The van der Waals surface area contributed by atoms with Crippen molar-refractivity contribution in [2.45, 2.75) is 11.7 Å². The molecule has 0 spiro atoms. The van der Waals surface area contributed by atoms with Gasteiger partial charge in [0.25, 0.3) is 0 Å². The molecule has 0 saturated carbocycles. The Bertz CT molecular complexity index is 1140. The number of rotatable bonds is 7. The van der Waals surface area contributed by atoms with Crippen LogP contribution in [0.1, 0.15) is 15.9 Å². The molecular weight excluding hydrogens is 404 g/mol. The van der Waals surface area contributed by atoms with E-state index in [1.165, 1.54) is 17.3 Å². The summed E-state index contributed by atoms with van der Waals surface area (Å²) in [7, 11) is 1.64. The number of carbonyl (C=O) groups is 1. The third kappa shape index (κ3) is 4.47. The van der Waals surface area contributed by atoms with E-state index in [1.54, 1.807) is 31.4 Å². The lowest BCUT2D eigenvalue weighted by atomic mass is 10.1. The highest BCUT2D eigenvalue weighted by molar-refractivity contribution is 7.99. The number of thioether (sulfide) groups is 1. The number of benzene rings is 3. The number of imidazole rings is 1. The van der Waals surface area contributed by atoms with Crippen molar-refractivity contribution in [3.63, 3.8) is 0 Å². The molecule has 4 nitrogen and oxygen atoms in total. The largest absolute Gasteiger partial charge is 0.497 e. The van der Waals surface area contributed by atoms with Gasteiger partial charge in [-0.3, -0.25) is 4.79 Å². The summed E-state index contributed by atoms with van der Waals surface area (Å²) in [5.41, 5.74) is 3.68. The third-order valence-corrected chi connectivity index (χ3v) is 5.83. The van der Waals surface area contributed by atoms with Crippen molar-refractivity contribution in [2.75, 3.05) is 12.9 Å². The Hall–Kier alpha value is -2.76. The predicted octanol–water partition coefficient (Wildman–Crippen LogP) is 5.72. The number of halogens is 1. The molecule has 0 bridgehead atoms. The number of carbonyl (C=O) groups excluding carboxylic acids is 1. The van der Waals surface area contributed by atoms with Gasteiger partial charge in [0, 0.05) is 16.7 Å². The van der Waals surface area contributed by atoms with E-state index >= 15 is 0 Å². The Labute approximate surface area is 178 Å². The first-order valence-corrected chi connectivity index (χ1v) is 10.5. The number of nitrogens with zero attached hydrogens (tertiary/aromatic N) is 2. The summed E-state index contributed by atoms with van der Waals surface area (Å²) in [5.74, 6) is 1.11. The molecule has 3 aromatic carbocycles. The van der Waals surface area contributed by atoms with E-state index in [2.05, 4.69) is 16.7 Å². The highest BCUT2D eigenvalue weighted by atomic mass is 35.5. The lowest BCUT2D eigenvalue weighted by Crippen LogP contribution is -2.05. The van der Waals surface area contributed by atoms with Gasteiger partial charge >= 0.3 is 0 Å². The van der Waals surface area contributed by atoms with E-state index in [4.69, 9.17) is 21.3 Å². The zero-order valence-corrected chi connectivity index (χ0v) is 17.4. The van der Waals surface area contributed by atoms with Gasteiger partial charge in [0.05, 0.1) is 30.4 Å². The van der Waals surface area contributed by atoms with Gasteiger partial charge < -0.3 is 9.30 Å². The molecule has 6 heteroatoms. The van der Waals surface area contributed by atoms with Crippen LogP contribution in [0.15, 0.2) is 78.0 Å². The lowest BCUT2D eigenvalue weighted by Gasteiger charge is -2.09. The molecule has 1 aromatic heterocycles. The Morgan fingerprint density at radius 1 is 1.07 bits per heavy atom. The molecule has 29 heavy (non-hydrogen) atoms. The Morgan fingerprint density at radius 2 is 1.83 bits per heavy atom. The number of hydrogen-bond acceptors (Lipinski definition) is 4. The van der Waals surface area contributed by atoms with Gasteiger partial charge in [-0.1, -0.05) is 53.7 Å². The van der Waals surface area contributed by atoms with Crippen LogP contribution in [0, 0.1) is 0 Å². The maximum Gasteiger partial charge on any atom is 0.173 e. The fourth-order valence-electron chi connectivity index (χ4n) is 3.09. The fraction of sp³-hybridized carbons (Fsp3) is 0.130. The smallest absolute Gasteiger partial charge is 0.173 e. The molecule has 0 aliphatic carbocycles. The van der Waals surface area contributed by atoms with Gasteiger partial charge in [0.1, 0.15) is 5.75 Å². The molecule has 0 aliphatic heterocycles. The van der Waals surface area contributed by atoms with Gasteiger partial charge in [-0.2, -0.15) is 0 Å². The van der Waals surface area contributed by atoms with Gasteiger partial charge in [-0.25, -0.2) is 4.98 Å². The number of fused-ring (bicyclic) bond motifs is 1. The predicted molar refractivity (Wildman–Crippen MR) is 118 cm³/mol. The summed E-state index contributed by atoms with van der Waals surface area (Å²) < 4.78 is 7.48. The van der Waals surface area contributed by atoms with Crippen molar-refractivity contribution in [3.05, 3.63) is 88.9 Å². The number of hydrogen-bond donors (Lipinski definition) is 0. The fourth-order valence-corrected chi connectivity index (χ4v) is 4.13. The third-order valence-electron chi connectivity index (χ3n) is 4.60. The maximum atomic E-state index is 12.6. The van der Waals surface area contributed by atoms with Gasteiger partial charge in [-0.15, -0.1) is 0 Å². The van der Waals surface area contributed by atoms with Crippen LogP contribution in [0.5, 0.6) is 5.75 Å². The number of ether oxygens (including phenoxy) is 1.